The molecule has 0 spiro atoms. The summed E-state index contributed by atoms with van der Waals surface area (Å²) in [6, 6.07) is 29.4. The first-order valence-electron chi connectivity index (χ1n) is 10.2. The van der Waals surface area contributed by atoms with Crippen molar-refractivity contribution in [3.05, 3.63) is 114 Å². The maximum absolute atomic E-state index is 13.1. The van der Waals surface area contributed by atoms with E-state index in [0.717, 1.165) is 0 Å². The Hall–Kier alpha value is -4.10. The fraction of sp³-hybridized carbons (Fsp3) is 0.0385. The van der Waals surface area contributed by atoms with E-state index >= 15 is 0 Å². The Labute approximate surface area is 192 Å². The summed E-state index contributed by atoms with van der Waals surface area (Å²) in [5, 5.41) is 2.87. The third kappa shape index (κ3) is 5.22. The van der Waals surface area contributed by atoms with Crippen molar-refractivity contribution in [3.8, 4) is 11.5 Å². The summed E-state index contributed by atoms with van der Waals surface area (Å²) in [5.41, 5.74) is 1.69. The van der Waals surface area contributed by atoms with Gasteiger partial charge in [0, 0.05) is 5.56 Å². The third-order valence-electron chi connectivity index (χ3n) is 4.98. The Morgan fingerprint density at radius 3 is 2.06 bits per heavy atom. The van der Waals surface area contributed by atoms with Crippen LogP contribution in [0.1, 0.15) is 15.9 Å². The minimum absolute atomic E-state index is 0.145. The van der Waals surface area contributed by atoms with E-state index in [1.54, 1.807) is 61.5 Å². The molecule has 7 heteroatoms. The van der Waals surface area contributed by atoms with Crippen LogP contribution in [0.4, 0.5) is 11.4 Å². The van der Waals surface area contributed by atoms with Gasteiger partial charge in [-0.3, -0.25) is 9.52 Å². The number of ether oxygens (including phenoxy) is 1. The molecule has 0 aliphatic rings. The van der Waals surface area contributed by atoms with Gasteiger partial charge in [0.05, 0.1) is 16.3 Å². The van der Waals surface area contributed by atoms with E-state index in [-0.39, 0.29) is 10.8 Å². The summed E-state index contributed by atoms with van der Waals surface area (Å²) in [6.45, 7) is 1.70. The average molecular weight is 459 g/mol. The first kappa shape index (κ1) is 22.1. The molecule has 0 aromatic heterocycles. The van der Waals surface area contributed by atoms with Crippen LogP contribution in [0.25, 0.3) is 0 Å². The smallest absolute Gasteiger partial charge is 0.261 e. The molecular weight excluding hydrogens is 436 g/mol. The molecule has 0 atom stereocenters. The molecule has 0 bridgehead atoms. The Bertz CT molecular complexity index is 1370. The number of para-hydroxylation sites is 3. The van der Waals surface area contributed by atoms with E-state index in [9.17, 15) is 13.2 Å². The first-order chi connectivity index (χ1) is 15.9. The standard InChI is InChI=1S/C26H22N2O4S/c1-19-22(15-10-17-23(19)28-33(30,31)21-13-6-3-7-14-21)26(29)27-24-16-8-9-18-25(24)32-20-11-4-2-5-12-20/h2-18,28H,1H3,(H,27,29). The van der Waals surface area contributed by atoms with Crippen molar-refractivity contribution in [1.29, 1.82) is 0 Å². The van der Waals surface area contributed by atoms with Crippen molar-refractivity contribution in [2.45, 2.75) is 11.8 Å². The quantitative estimate of drug-likeness (QED) is 0.364. The van der Waals surface area contributed by atoms with Crippen molar-refractivity contribution in [2.24, 2.45) is 0 Å². The van der Waals surface area contributed by atoms with Gasteiger partial charge >= 0.3 is 0 Å². The molecule has 6 nitrogen and oxygen atoms in total. The number of rotatable bonds is 7. The molecule has 4 aromatic carbocycles. The van der Waals surface area contributed by atoms with E-state index in [0.29, 0.717) is 34.0 Å². The first-order valence-corrected chi connectivity index (χ1v) is 11.7. The maximum Gasteiger partial charge on any atom is 0.261 e. The Morgan fingerprint density at radius 2 is 1.33 bits per heavy atom. The second-order valence-electron chi connectivity index (χ2n) is 7.26. The van der Waals surface area contributed by atoms with Gasteiger partial charge in [0.2, 0.25) is 0 Å². The van der Waals surface area contributed by atoms with E-state index in [2.05, 4.69) is 10.0 Å². The van der Waals surface area contributed by atoms with Crippen LogP contribution < -0.4 is 14.8 Å². The monoisotopic (exact) mass is 458 g/mol. The summed E-state index contributed by atoms with van der Waals surface area (Å²) in [7, 11) is -3.78. The molecule has 0 saturated heterocycles. The van der Waals surface area contributed by atoms with Crippen molar-refractivity contribution in [2.75, 3.05) is 10.0 Å². The number of nitrogens with one attached hydrogen (secondary N) is 2. The van der Waals surface area contributed by atoms with E-state index in [1.165, 1.54) is 12.1 Å². The van der Waals surface area contributed by atoms with Crippen molar-refractivity contribution < 1.29 is 17.9 Å². The molecule has 33 heavy (non-hydrogen) atoms. The van der Waals surface area contributed by atoms with E-state index < -0.39 is 10.0 Å². The van der Waals surface area contributed by atoms with Gasteiger partial charge < -0.3 is 10.1 Å². The molecule has 0 radical (unpaired) electrons. The molecule has 4 rings (SSSR count). The predicted molar refractivity (Wildman–Crippen MR) is 129 cm³/mol. The van der Waals surface area contributed by atoms with Gasteiger partial charge in [-0.25, -0.2) is 8.42 Å². The number of hydrogen-bond donors (Lipinski definition) is 2. The average Bonchev–Trinajstić information content (AvgIpc) is 2.83. The molecule has 0 saturated carbocycles. The summed E-state index contributed by atoms with van der Waals surface area (Å²) < 4.78 is 33.9. The zero-order chi connectivity index (χ0) is 23.3. The van der Waals surface area contributed by atoms with Crippen LogP contribution in [-0.4, -0.2) is 14.3 Å². The summed E-state index contributed by atoms with van der Waals surface area (Å²) in [4.78, 5) is 13.2. The molecule has 4 aromatic rings. The molecule has 166 valence electrons. The third-order valence-corrected chi connectivity index (χ3v) is 6.36. The highest BCUT2D eigenvalue weighted by atomic mass is 32.2. The van der Waals surface area contributed by atoms with Gasteiger partial charge in [-0.15, -0.1) is 0 Å². The second-order valence-corrected chi connectivity index (χ2v) is 8.94. The normalized spacial score (nSPS) is 10.9. The van der Waals surface area contributed by atoms with Crippen molar-refractivity contribution in [3.63, 3.8) is 0 Å². The van der Waals surface area contributed by atoms with Gasteiger partial charge in [0.1, 0.15) is 5.75 Å². The van der Waals surface area contributed by atoms with Gasteiger partial charge in [-0.1, -0.05) is 54.6 Å². The molecule has 0 aliphatic heterocycles. The number of carbonyl (C=O) groups excluding carboxylic acids is 1. The highest BCUT2D eigenvalue weighted by Gasteiger charge is 2.18. The molecule has 0 aliphatic carbocycles. The lowest BCUT2D eigenvalue weighted by Gasteiger charge is -2.15. The topological polar surface area (TPSA) is 84.5 Å². The minimum Gasteiger partial charge on any atom is -0.455 e. The van der Waals surface area contributed by atoms with Crippen LogP contribution in [0.3, 0.4) is 0 Å². The number of hydrogen-bond acceptors (Lipinski definition) is 4. The Morgan fingerprint density at radius 1 is 0.727 bits per heavy atom. The van der Waals surface area contributed by atoms with Crippen molar-refractivity contribution in [1.82, 2.24) is 0 Å². The fourth-order valence-electron chi connectivity index (χ4n) is 3.26. The van der Waals surface area contributed by atoms with E-state index in [4.69, 9.17) is 4.74 Å². The number of anilines is 2. The number of benzene rings is 4. The predicted octanol–water partition coefficient (Wildman–Crippen LogP) is 5.84. The molecule has 2 N–H and O–H groups in total. The Balaban J connectivity index is 1.57. The van der Waals surface area contributed by atoms with Gasteiger partial charge in [-0.05, 0) is 61.0 Å². The summed E-state index contributed by atoms with van der Waals surface area (Å²) in [6.07, 6.45) is 0. The maximum atomic E-state index is 13.1. The number of amides is 1. The van der Waals surface area contributed by atoms with Crippen LogP contribution in [0.2, 0.25) is 0 Å². The SMILES string of the molecule is Cc1c(NS(=O)(=O)c2ccccc2)cccc1C(=O)Nc1ccccc1Oc1ccccc1. The highest BCUT2D eigenvalue weighted by Crippen LogP contribution is 2.30. The van der Waals surface area contributed by atoms with Crippen LogP contribution in [0.15, 0.2) is 108 Å². The van der Waals surface area contributed by atoms with Crippen LogP contribution in [-0.2, 0) is 10.0 Å². The largest absolute Gasteiger partial charge is 0.455 e. The zero-order valence-electron chi connectivity index (χ0n) is 17.9. The number of sulfonamides is 1. The van der Waals surface area contributed by atoms with Crippen LogP contribution >= 0.6 is 0 Å². The second kappa shape index (κ2) is 9.58. The molecule has 0 heterocycles. The fourth-order valence-corrected chi connectivity index (χ4v) is 4.40. The number of carbonyl (C=O) groups is 1. The molecular formula is C26H22N2O4S. The van der Waals surface area contributed by atoms with Gasteiger partial charge in [0.25, 0.3) is 15.9 Å². The summed E-state index contributed by atoms with van der Waals surface area (Å²) in [5.74, 6) is 0.765. The molecule has 0 fully saturated rings. The molecule has 1 amide bonds. The van der Waals surface area contributed by atoms with E-state index in [1.807, 2.05) is 36.4 Å². The van der Waals surface area contributed by atoms with Crippen LogP contribution in [0, 0.1) is 6.92 Å². The lowest BCUT2D eigenvalue weighted by Crippen LogP contribution is -2.17. The van der Waals surface area contributed by atoms with Crippen LogP contribution in [0.5, 0.6) is 11.5 Å². The van der Waals surface area contributed by atoms with Gasteiger partial charge in [-0.2, -0.15) is 0 Å². The minimum atomic E-state index is -3.78. The molecule has 0 unspecified atom stereocenters. The highest BCUT2D eigenvalue weighted by molar-refractivity contribution is 7.92. The zero-order valence-corrected chi connectivity index (χ0v) is 18.7. The van der Waals surface area contributed by atoms with Gasteiger partial charge in [0.15, 0.2) is 5.75 Å². The van der Waals surface area contributed by atoms with Crippen molar-refractivity contribution >= 4 is 27.3 Å². The lowest BCUT2D eigenvalue weighted by atomic mass is 10.1. The Kier molecular flexibility index (Phi) is 6.42. The lowest BCUT2D eigenvalue weighted by molar-refractivity contribution is 0.102. The summed E-state index contributed by atoms with van der Waals surface area (Å²) >= 11 is 0.